The Bertz CT molecular complexity index is 512. The van der Waals surface area contributed by atoms with Crippen LogP contribution in [0.5, 0.6) is 0 Å². The molecule has 0 aliphatic rings. The third-order valence-corrected chi connectivity index (χ3v) is 15.9. The lowest BCUT2D eigenvalue weighted by Crippen LogP contribution is -2.48. The SMILES string of the molecule is CC(C)(C)[S@](=O)N=C[C@H](CO[Si](C)(C)C(C)(C)C)O[Si](C)(C)C(C)(C)C. The topological polar surface area (TPSA) is 47.9 Å². The zero-order valence-corrected chi connectivity index (χ0v) is 22.3. The van der Waals surface area contributed by atoms with Gasteiger partial charge >= 0.3 is 0 Å². The monoisotopic (exact) mass is 421 g/mol. The minimum absolute atomic E-state index is 0.0965. The van der Waals surface area contributed by atoms with Crippen molar-refractivity contribution in [3.63, 3.8) is 0 Å². The van der Waals surface area contributed by atoms with Crippen molar-refractivity contribution in [1.29, 1.82) is 0 Å². The molecule has 0 unspecified atom stereocenters. The van der Waals surface area contributed by atoms with Gasteiger partial charge in [0.05, 0.1) is 11.4 Å². The zero-order valence-electron chi connectivity index (χ0n) is 19.4. The van der Waals surface area contributed by atoms with E-state index in [0.717, 1.165) is 0 Å². The quantitative estimate of drug-likeness (QED) is 0.378. The van der Waals surface area contributed by atoms with Gasteiger partial charge in [0.1, 0.15) is 17.1 Å². The highest BCUT2D eigenvalue weighted by atomic mass is 32.2. The van der Waals surface area contributed by atoms with E-state index in [1.807, 2.05) is 20.8 Å². The van der Waals surface area contributed by atoms with E-state index >= 15 is 0 Å². The molecule has 0 aliphatic carbocycles. The van der Waals surface area contributed by atoms with Crippen molar-refractivity contribution in [1.82, 2.24) is 0 Å². The standard InChI is InChI=1S/C19H43NO3SSi2/c1-17(2,3)24(21)20-14-16(23-26(12,13)19(7,8)9)15-22-25(10,11)18(4,5)6/h14,16H,15H2,1-13H3/t16-,24+/m1/s1. The molecule has 0 saturated carbocycles. The molecule has 7 heteroatoms. The van der Waals surface area contributed by atoms with E-state index in [-0.39, 0.29) is 20.9 Å². The third-order valence-electron chi connectivity index (χ3n) is 5.51. The summed E-state index contributed by atoms with van der Waals surface area (Å²) in [6, 6.07) is 0. The molecule has 0 heterocycles. The van der Waals surface area contributed by atoms with Gasteiger partial charge in [-0.1, -0.05) is 41.5 Å². The lowest BCUT2D eigenvalue weighted by atomic mass is 10.2. The molecule has 0 aromatic heterocycles. The molecule has 0 spiro atoms. The lowest BCUT2D eigenvalue weighted by molar-refractivity contribution is 0.157. The van der Waals surface area contributed by atoms with Crippen LogP contribution in [0.1, 0.15) is 62.3 Å². The first-order valence-corrected chi connectivity index (χ1v) is 16.4. The second-order valence-corrected chi connectivity index (χ2v) is 22.6. The van der Waals surface area contributed by atoms with Crippen LogP contribution < -0.4 is 0 Å². The molecule has 0 radical (unpaired) electrons. The smallest absolute Gasteiger partial charge is 0.193 e. The molecule has 2 atom stereocenters. The maximum atomic E-state index is 12.3. The first kappa shape index (κ1) is 26.2. The molecule has 26 heavy (non-hydrogen) atoms. The van der Waals surface area contributed by atoms with Crippen molar-refractivity contribution in [2.75, 3.05) is 6.61 Å². The Kier molecular flexibility index (Phi) is 8.74. The molecule has 0 amide bonds. The highest BCUT2D eigenvalue weighted by molar-refractivity contribution is 7.85. The number of hydrogen-bond acceptors (Lipinski definition) is 3. The Morgan fingerprint density at radius 2 is 1.31 bits per heavy atom. The van der Waals surface area contributed by atoms with Gasteiger partial charge in [0.15, 0.2) is 16.6 Å². The maximum Gasteiger partial charge on any atom is 0.193 e. The molecule has 0 saturated heterocycles. The average molecular weight is 422 g/mol. The fourth-order valence-electron chi connectivity index (χ4n) is 1.45. The first-order valence-electron chi connectivity index (χ1n) is 9.49. The van der Waals surface area contributed by atoms with Gasteiger partial charge in [0, 0.05) is 6.21 Å². The predicted octanol–water partition coefficient (Wildman–Crippen LogP) is 5.93. The van der Waals surface area contributed by atoms with E-state index in [9.17, 15) is 4.21 Å². The largest absolute Gasteiger partial charge is 0.414 e. The van der Waals surface area contributed by atoms with Gasteiger partial charge in [-0.2, -0.15) is 4.40 Å². The summed E-state index contributed by atoms with van der Waals surface area (Å²) >= 11 is 0. The molecule has 156 valence electrons. The van der Waals surface area contributed by atoms with Crippen molar-refractivity contribution < 1.29 is 13.1 Å². The highest BCUT2D eigenvalue weighted by Gasteiger charge is 2.41. The molecule has 0 aliphatic heterocycles. The molecular weight excluding hydrogens is 378 g/mol. The molecule has 0 rings (SSSR count). The summed E-state index contributed by atoms with van der Waals surface area (Å²) < 4.78 is 29.2. The molecule has 0 aromatic carbocycles. The maximum absolute atomic E-state index is 12.3. The summed E-state index contributed by atoms with van der Waals surface area (Å²) in [6.45, 7) is 28.5. The highest BCUT2D eigenvalue weighted by Crippen LogP contribution is 2.39. The van der Waals surface area contributed by atoms with Crippen LogP contribution in [-0.2, 0) is 19.8 Å². The van der Waals surface area contributed by atoms with Crippen molar-refractivity contribution in [3.05, 3.63) is 0 Å². The average Bonchev–Trinajstić information content (AvgIpc) is 2.37. The van der Waals surface area contributed by atoms with E-state index < -0.39 is 27.6 Å². The molecule has 0 fully saturated rings. The second kappa shape index (κ2) is 8.68. The summed E-state index contributed by atoms with van der Waals surface area (Å²) in [4.78, 5) is 0. The normalized spacial score (nSPS) is 17.6. The van der Waals surface area contributed by atoms with Crippen molar-refractivity contribution in [3.8, 4) is 0 Å². The van der Waals surface area contributed by atoms with Crippen LogP contribution in [0.15, 0.2) is 4.40 Å². The Morgan fingerprint density at radius 1 is 0.885 bits per heavy atom. The summed E-state index contributed by atoms with van der Waals surface area (Å²) in [6.07, 6.45) is 1.45. The minimum atomic E-state index is -1.98. The molecule has 0 aromatic rings. The van der Waals surface area contributed by atoms with E-state index in [0.29, 0.717) is 6.61 Å². The summed E-state index contributed by atoms with van der Waals surface area (Å²) in [5.41, 5.74) is 0. The number of hydrogen-bond donors (Lipinski definition) is 0. The van der Waals surface area contributed by atoms with E-state index in [4.69, 9.17) is 8.85 Å². The van der Waals surface area contributed by atoms with Crippen molar-refractivity contribution in [2.45, 2.75) is 109 Å². The van der Waals surface area contributed by atoms with Gasteiger partial charge in [-0.3, -0.25) is 0 Å². The molecule has 4 nitrogen and oxygen atoms in total. The number of rotatable bonds is 7. The van der Waals surface area contributed by atoms with Gasteiger partial charge in [-0.05, 0) is 57.0 Å². The molecular formula is C19H43NO3SSi2. The molecule has 0 bridgehead atoms. The van der Waals surface area contributed by atoms with Crippen LogP contribution >= 0.6 is 0 Å². The molecule has 0 N–H and O–H groups in total. The van der Waals surface area contributed by atoms with Crippen LogP contribution in [0, 0.1) is 0 Å². The van der Waals surface area contributed by atoms with Gasteiger partial charge in [-0.25, -0.2) is 4.21 Å². The third kappa shape index (κ3) is 8.04. The predicted molar refractivity (Wildman–Crippen MR) is 122 cm³/mol. The summed E-state index contributed by atoms with van der Waals surface area (Å²) in [5, 5.41) is 0.235. The fourth-order valence-corrected chi connectivity index (χ4v) is 4.27. The van der Waals surface area contributed by atoms with Crippen LogP contribution in [0.4, 0.5) is 0 Å². The Hall–Kier alpha value is 0.174. The van der Waals surface area contributed by atoms with Crippen LogP contribution in [0.3, 0.4) is 0 Å². The Balaban J connectivity index is 5.43. The zero-order chi connectivity index (χ0) is 21.2. The Labute approximate surface area is 167 Å². The number of nitrogens with zero attached hydrogens (tertiary/aromatic N) is 1. The van der Waals surface area contributed by atoms with Crippen LogP contribution in [-0.4, -0.2) is 44.5 Å². The van der Waals surface area contributed by atoms with Crippen molar-refractivity contribution >= 4 is 33.8 Å². The van der Waals surface area contributed by atoms with E-state index in [1.165, 1.54) is 0 Å². The second-order valence-electron chi connectivity index (χ2n) is 11.1. The lowest BCUT2D eigenvalue weighted by Gasteiger charge is -2.40. The van der Waals surface area contributed by atoms with Gasteiger partial charge < -0.3 is 8.85 Å². The first-order chi connectivity index (χ1) is 11.2. The summed E-state index contributed by atoms with van der Waals surface area (Å²) in [5.74, 6) is 0. The van der Waals surface area contributed by atoms with Gasteiger partial charge in [0.25, 0.3) is 0 Å². The Morgan fingerprint density at radius 3 is 1.65 bits per heavy atom. The van der Waals surface area contributed by atoms with Gasteiger partial charge in [-0.15, -0.1) is 0 Å². The van der Waals surface area contributed by atoms with E-state index in [1.54, 1.807) is 6.21 Å². The van der Waals surface area contributed by atoms with Crippen LogP contribution in [0.25, 0.3) is 0 Å². The minimum Gasteiger partial charge on any atom is -0.414 e. The van der Waals surface area contributed by atoms with E-state index in [2.05, 4.69) is 72.1 Å². The summed E-state index contributed by atoms with van der Waals surface area (Å²) in [7, 11) is -5.16. The van der Waals surface area contributed by atoms with Gasteiger partial charge in [0.2, 0.25) is 0 Å². The fraction of sp³-hybridized carbons (Fsp3) is 0.947. The van der Waals surface area contributed by atoms with Crippen molar-refractivity contribution in [2.24, 2.45) is 4.40 Å². The van der Waals surface area contributed by atoms with Crippen LogP contribution in [0.2, 0.25) is 36.3 Å².